The number of aromatic nitrogens is 8. The molecule has 4 aromatic heterocycles. The predicted molar refractivity (Wildman–Crippen MR) is 291 cm³/mol. The topological polar surface area (TPSA) is 271 Å². The number of fused-ring (bicyclic) bond motifs is 2. The van der Waals surface area contributed by atoms with Crippen LogP contribution < -0.4 is 16.2 Å². The summed E-state index contributed by atoms with van der Waals surface area (Å²) in [6, 6.07) is 6.13. The lowest BCUT2D eigenvalue weighted by Gasteiger charge is -2.24. The Balaban J connectivity index is 0.000000263. The molecule has 2 aromatic carbocycles. The fraction of sp³-hybridized carbons (Fsp3) is 0.404. The van der Waals surface area contributed by atoms with Crippen molar-refractivity contribution in [1.82, 2.24) is 49.3 Å². The number of ether oxygens (including phenoxy) is 3. The Bertz CT molecular complexity index is 3110. The zero-order valence-corrected chi connectivity index (χ0v) is 45.6. The highest BCUT2D eigenvalue weighted by atomic mass is 35.5. The molecule has 0 unspecified atom stereocenters. The summed E-state index contributed by atoms with van der Waals surface area (Å²) in [5.41, 5.74) is 14.8. The maximum absolute atomic E-state index is 12.7. The minimum Gasteiger partial charge on any atom is -0.507 e. The standard InChI is InChI=1S/C22H23Cl3N6O3.C17H18Cl2N4O3.C6H9ClN2O3S.2CH4/c1-22(2,3)34-21(32)30-10-14-16(11-30)28-20(26)29-19(14)18-15(25)6-12(23)7-17(18)33-5-4-31-9-13(24)8-27-31;1-17(2,3)26-16(25)23-6-9-11(7-23)21-15(20)22-14(9)13-10(19)4-8(18)5-12(13)24;1-13(10,11)12-3-2-9-5-6(7)4-8-9;;/h6-9H,4-5,10-11H2,1-3H3,(H2,26,28,29);4-5,24H,6-7H2,1-3H3,(H2,20,21,22);4-5H,2-3H2,1H3;2*1H4. The van der Waals surface area contributed by atoms with Crippen LogP contribution in [0.2, 0.25) is 30.1 Å². The molecule has 8 rings (SSSR count). The maximum atomic E-state index is 12.7. The Morgan fingerprint density at radius 1 is 0.640 bits per heavy atom. The highest BCUT2D eigenvalue weighted by molar-refractivity contribution is 7.85. The van der Waals surface area contributed by atoms with Crippen molar-refractivity contribution in [2.45, 2.75) is 107 Å². The first-order valence-electron chi connectivity index (χ1n) is 21.8. The molecule has 0 spiro atoms. The monoisotopic (exact) mass is 1180 g/mol. The van der Waals surface area contributed by atoms with Crippen LogP contribution >= 0.6 is 69.6 Å². The van der Waals surface area contributed by atoms with Crippen LogP contribution in [-0.2, 0) is 63.0 Å². The van der Waals surface area contributed by atoms with Crippen molar-refractivity contribution in [3.63, 3.8) is 0 Å². The van der Waals surface area contributed by atoms with E-state index in [1.807, 2.05) is 20.8 Å². The van der Waals surface area contributed by atoms with E-state index in [0.29, 0.717) is 89.0 Å². The van der Waals surface area contributed by atoms with E-state index in [1.54, 1.807) is 61.1 Å². The zero-order valence-electron chi connectivity index (χ0n) is 40.3. The van der Waals surface area contributed by atoms with Gasteiger partial charge >= 0.3 is 12.2 Å². The molecule has 408 valence electrons. The molecule has 2 aliphatic rings. The zero-order chi connectivity index (χ0) is 53.7. The van der Waals surface area contributed by atoms with Gasteiger partial charge in [-0.15, -0.1) is 0 Å². The van der Waals surface area contributed by atoms with Crippen LogP contribution in [0.4, 0.5) is 21.5 Å². The average Bonchev–Trinajstić information content (AvgIpc) is 4.06. The largest absolute Gasteiger partial charge is 0.507 e. The van der Waals surface area contributed by atoms with E-state index in [9.17, 15) is 23.1 Å². The number of hydrogen-bond acceptors (Lipinski definition) is 17. The highest BCUT2D eigenvalue weighted by Gasteiger charge is 2.35. The molecular formula is C47H58Cl6N12O9S. The van der Waals surface area contributed by atoms with Crippen LogP contribution in [0.3, 0.4) is 0 Å². The number of rotatable bonds is 10. The number of hydrogen-bond donors (Lipinski definition) is 3. The van der Waals surface area contributed by atoms with Crippen LogP contribution in [0, 0.1) is 0 Å². The van der Waals surface area contributed by atoms with Crippen LogP contribution in [0.15, 0.2) is 49.1 Å². The van der Waals surface area contributed by atoms with Crippen molar-refractivity contribution in [2.75, 3.05) is 30.9 Å². The number of nitrogens with zero attached hydrogens (tertiary/aromatic N) is 10. The Morgan fingerprint density at radius 2 is 1.07 bits per heavy atom. The van der Waals surface area contributed by atoms with Gasteiger partial charge in [-0.3, -0.25) is 23.3 Å². The van der Waals surface area contributed by atoms with Gasteiger partial charge in [0.05, 0.1) is 119 Å². The van der Waals surface area contributed by atoms with E-state index < -0.39 is 33.5 Å². The molecule has 6 heterocycles. The van der Waals surface area contributed by atoms with Gasteiger partial charge in [0.1, 0.15) is 29.3 Å². The van der Waals surface area contributed by atoms with Crippen LogP contribution in [0.5, 0.6) is 11.5 Å². The lowest BCUT2D eigenvalue weighted by molar-refractivity contribution is 0.0231. The van der Waals surface area contributed by atoms with Gasteiger partial charge in [0.15, 0.2) is 0 Å². The fourth-order valence-corrected chi connectivity index (χ4v) is 8.84. The molecule has 0 saturated carbocycles. The molecule has 2 amide bonds. The van der Waals surface area contributed by atoms with E-state index in [2.05, 4.69) is 34.3 Å². The van der Waals surface area contributed by atoms with E-state index in [1.165, 1.54) is 27.9 Å². The number of aromatic hydroxyl groups is 1. The van der Waals surface area contributed by atoms with Crippen molar-refractivity contribution >= 4 is 104 Å². The summed E-state index contributed by atoms with van der Waals surface area (Å²) in [7, 11) is -3.36. The second kappa shape index (κ2) is 25.5. The number of anilines is 2. The first-order valence-corrected chi connectivity index (χ1v) is 25.9. The van der Waals surface area contributed by atoms with Crippen molar-refractivity contribution in [3.8, 4) is 34.0 Å². The third-order valence-electron chi connectivity index (χ3n) is 9.83. The van der Waals surface area contributed by atoms with E-state index in [0.717, 1.165) is 6.26 Å². The maximum Gasteiger partial charge on any atom is 0.410 e. The summed E-state index contributed by atoms with van der Waals surface area (Å²) in [5, 5.41) is 20.6. The molecule has 0 fully saturated rings. The Morgan fingerprint density at radius 3 is 1.48 bits per heavy atom. The van der Waals surface area contributed by atoms with Gasteiger partial charge in [-0.25, -0.2) is 29.5 Å². The van der Waals surface area contributed by atoms with Crippen LogP contribution in [-0.4, -0.2) is 106 Å². The SMILES string of the molecule is C.C.CC(C)(C)OC(=O)N1Cc2nc(N)nc(-c3c(Cl)cc(Cl)cc3OCCn3cc(Cl)cn3)c2C1.CC(C)(C)OC(=O)N1Cc2nc(N)nc(-c3c(O)cc(Cl)cc3Cl)c2C1.CS(=O)(=O)OCCn1cc(Cl)cn1. The number of carbonyl (C=O) groups excluding carboxylic acids is 2. The number of phenols is 1. The third-order valence-corrected chi connectivity index (χ3v) is 11.8. The lowest BCUT2D eigenvalue weighted by atomic mass is 10.0. The first-order chi connectivity index (χ1) is 34.0. The van der Waals surface area contributed by atoms with Gasteiger partial charge < -0.3 is 30.8 Å². The van der Waals surface area contributed by atoms with Crippen molar-refractivity contribution < 1.29 is 41.5 Å². The number of nitrogen functional groups attached to an aromatic ring is 2. The summed E-state index contributed by atoms with van der Waals surface area (Å²) < 4.78 is 45.7. The summed E-state index contributed by atoms with van der Waals surface area (Å²) in [4.78, 5) is 45.3. The lowest BCUT2D eigenvalue weighted by Crippen LogP contribution is -2.33. The molecule has 6 aromatic rings. The first kappa shape index (κ1) is 62.0. The van der Waals surface area contributed by atoms with E-state index in [-0.39, 0.29) is 76.9 Å². The number of halogens is 6. The number of phenolic OH excluding ortho intramolecular Hbond substituents is 1. The van der Waals surface area contributed by atoms with Crippen LogP contribution in [0.1, 0.15) is 78.9 Å². The fourth-order valence-electron chi connectivity index (χ4n) is 7.01. The van der Waals surface area contributed by atoms with Gasteiger partial charge in [-0.1, -0.05) is 84.5 Å². The van der Waals surface area contributed by atoms with Gasteiger partial charge in [0.2, 0.25) is 11.9 Å². The molecule has 75 heavy (non-hydrogen) atoms. The van der Waals surface area contributed by atoms with Gasteiger partial charge in [-0.2, -0.15) is 18.6 Å². The van der Waals surface area contributed by atoms with E-state index >= 15 is 0 Å². The molecule has 2 aliphatic heterocycles. The molecule has 5 N–H and O–H groups in total. The van der Waals surface area contributed by atoms with Crippen LogP contribution in [0.25, 0.3) is 22.5 Å². The quantitative estimate of drug-likeness (QED) is 0.108. The highest BCUT2D eigenvalue weighted by Crippen LogP contribution is 2.44. The smallest absolute Gasteiger partial charge is 0.410 e. The molecule has 0 saturated heterocycles. The normalized spacial score (nSPS) is 12.8. The predicted octanol–water partition coefficient (Wildman–Crippen LogP) is 11.0. The Kier molecular flexibility index (Phi) is 21.1. The molecular weight excluding hydrogens is 1120 g/mol. The Labute approximate surface area is 465 Å². The average molecular weight is 1180 g/mol. The number of benzene rings is 2. The summed E-state index contributed by atoms with van der Waals surface area (Å²) in [6.45, 7) is 12.9. The van der Waals surface area contributed by atoms with Crippen molar-refractivity contribution in [3.05, 3.63) is 102 Å². The van der Waals surface area contributed by atoms with Gasteiger partial charge in [-0.05, 0) is 65.8 Å². The molecule has 28 heteroatoms. The summed E-state index contributed by atoms with van der Waals surface area (Å²) in [6.07, 6.45) is 6.39. The molecule has 0 bridgehead atoms. The minimum atomic E-state index is -3.36. The second-order valence-corrected chi connectivity index (χ2v) is 22.3. The molecule has 21 nitrogen and oxygen atoms in total. The van der Waals surface area contributed by atoms with Gasteiger partial charge in [0.25, 0.3) is 10.1 Å². The van der Waals surface area contributed by atoms with Gasteiger partial charge in [0, 0.05) is 33.6 Å². The van der Waals surface area contributed by atoms with E-state index in [4.69, 9.17) is 95.3 Å². The molecule has 0 aliphatic carbocycles. The van der Waals surface area contributed by atoms with Crippen molar-refractivity contribution in [2.24, 2.45) is 0 Å². The molecule has 0 radical (unpaired) electrons. The number of amides is 2. The minimum absolute atomic E-state index is 0. The summed E-state index contributed by atoms with van der Waals surface area (Å²) in [5.74, 6) is 0.378. The third kappa shape index (κ3) is 17.5. The second-order valence-electron chi connectivity index (χ2n) is 18.1. The molecule has 0 atom stereocenters. The number of carbonyl (C=O) groups is 2. The Hall–Kier alpha value is -5.59. The number of nitrogens with two attached hydrogens (primary N) is 2. The summed E-state index contributed by atoms with van der Waals surface area (Å²) >= 11 is 36.5. The van der Waals surface area contributed by atoms with Crippen molar-refractivity contribution in [1.29, 1.82) is 0 Å².